The molecule has 2 aromatic carbocycles. The van der Waals surface area contributed by atoms with Crippen molar-refractivity contribution in [2.24, 2.45) is 0 Å². The first-order valence-electron chi connectivity index (χ1n) is 5.09. The van der Waals surface area contributed by atoms with Gasteiger partial charge < -0.3 is 4.42 Å². The van der Waals surface area contributed by atoms with E-state index in [1.165, 1.54) is 16.0 Å². The number of hydrogen-bond acceptors (Lipinski definition) is 1. The summed E-state index contributed by atoms with van der Waals surface area (Å²) in [6.45, 7) is 2.18. The lowest BCUT2D eigenvalue weighted by atomic mass is 10.1. The molecule has 3 aromatic rings. The minimum atomic E-state index is 0.756. The Balaban J connectivity index is 2.55. The van der Waals surface area contributed by atoms with Crippen LogP contribution in [0.15, 0.2) is 45.3 Å². The van der Waals surface area contributed by atoms with E-state index in [-0.39, 0.29) is 0 Å². The third-order valence-corrected chi connectivity index (χ3v) is 4.30. The second kappa shape index (κ2) is 3.75. The summed E-state index contributed by atoms with van der Waals surface area (Å²) < 4.78 is 6.99. The predicted octanol–water partition coefficient (Wildman–Crippen LogP) is 3.73. The van der Waals surface area contributed by atoms with E-state index in [4.69, 9.17) is 4.42 Å². The number of hydrogen-bond donors (Lipinski definition) is 0. The Morgan fingerprint density at radius 2 is 1.69 bits per heavy atom. The molecule has 3 heteroatoms. The van der Waals surface area contributed by atoms with Crippen LogP contribution >= 0.6 is 15.9 Å². The van der Waals surface area contributed by atoms with Gasteiger partial charge in [0.05, 0.1) is 11.0 Å². The van der Waals surface area contributed by atoms with Crippen LogP contribution in [-0.2, 0) is 0 Å². The maximum Gasteiger partial charge on any atom is 0.524 e. The Morgan fingerprint density at radius 1 is 1.00 bits per heavy atom. The maximum absolute atomic E-state index is 5.97. The lowest BCUT2D eigenvalue weighted by Crippen LogP contribution is -2.09. The van der Waals surface area contributed by atoms with E-state index in [1.807, 2.05) is 12.1 Å². The Bertz CT molecular complexity index is 672. The van der Waals surface area contributed by atoms with Gasteiger partial charge in [0.25, 0.3) is 0 Å². The summed E-state index contributed by atoms with van der Waals surface area (Å²) in [6, 6.07) is 12.5. The minimum absolute atomic E-state index is 0.756. The molecule has 0 unspecified atom stereocenters. The molecule has 16 heavy (non-hydrogen) atoms. The average molecular weight is 289 g/mol. The van der Waals surface area contributed by atoms with Crippen LogP contribution in [0.4, 0.5) is 0 Å². The summed E-state index contributed by atoms with van der Waals surface area (Å²) >= 11 is 3.53. The number of para-hydroxylation sites is 2. The van der Waals surface area contributed by atoms with Crippen LogP contribution in [0.3, 0.4) is 0 Å². The first-order valence-corrected chi connectivity index (χ1v) is 7.38. The highest BCUT2D eigenvalue weighted by atomic mass is 79.9. The van der Waals surface area contributed by atoms with Gasteiger partial charge in [0.15, 0.2) is 10.8 Å². The fourth-order valence-corrected chi connectivity index (χ4v) is 3.11. The Morgan fingerprint density at radius 3 is 2.44 bits per heavy atom. The number of furan rings is 1. The van der Waals surface area contributed by atoms with Crippen molar-refractivity contribution < 1.29 is 4.42 Å². The van der Waals surface area contributed by atoms with Crippen molar-refractivity contribution in [3.05, 3.63) is 40.9 Å². The highest BCUT2D eigenvalue weighted by Crippen LogP contribution is 2.32. The molecule has 0 atom stereocenters. The zero-order valence-corrected chi connectivity index (χ0v) is 11.3. The largest absolute Gasteiger partial charge is 0.524 e. The molecule has 0 bridgehead atoms. The molecule has 0 aliphatic rings. The van der Waals surface area contributed by atoms with E-state index in [2.05, 4.69) is 46.7 Å². The third-order valence-electron chi connectivity index (χ3n) is 2.75. The summed E-state index contributed by atoms with van der Waals surface area (Å²) in [5.74, 6) is 0. The molecular formula is C13H9BrOSi+. The van der Waals surface area contributed by atoms with Gasteiger partial charge in [-0.3, -0.25) is 0 Å². The molecule has 1 heterocycles. The van der Waals surface area contributed by atoms with Crippen LogP contribution in [0.1, 0.15) is 0 Å². The van der Waals surface area contributed by atoms with E-state index in [0.29, 0.717) is 0 Å². The van der Waals surface area contributed by atoms with Crippen molar-refractivity contribution in [1.82, 2.24) is 0 Å². The third kappa shape index (κ3) is 1.35. The van der Waals surface area contributed by atoms with Crippen molar-refractivity contribution in [3.63, 3.8) is 0 Å². The SMILES string of the molecule is C[Si+]c1cccc2c1oc1c(Br)cccc12. The predicted molar refractivity (Wildman–Crippen MR) is 72.7 cm³/mol. The molecule has 77 valence electrons. The van der Waals surface area contributed by atoms with Crippen LogP contribution < -0.4 is 5.19 Å². The maximum atomic E-state index is 5.97. The van der Waals surface area contributed by atoms with Gasteiger partial charge in [-0.1, -0.05) is 24.3 Å². The smallest absolute Gasteiger partial charge is 0.452 e. The highest BCUT2D eigenvalue weighted by Gasteiger charge is 2.18. The molecule has 1 radical (unpaired) electrons. The van der Waals surface area contributed by atoms with Crippen LogP contribution in [0.2, 0.25) is 6.55 Å². The molecule has 0 aliphatic heterocycles. The van der Waals surface area contributed by atoms with E-state index < -0.39 is 0 Å². The Hall–Kier alpha value is -1.06. The molecule has 0 saturated heterocycles. The molecule has 0 N–H and O–H groups in total. The van der Waals surface area contributed by atoms with E-state index in [1.54, 1.807) is 0 Å². The van der Waals surface area contributed by atoms with Gasteiger partial charge in [-0.25, -0.2) is 0 Å². The number of benzene rings is 2. The van der Waals surface area contributed by atoms with Gasteiger partial charge >= 0.3 is 9.52 Å². The zero-order valence-electron chi connectivity index (χ0n) is 8.75. The normalized spacial score (nSPS) is 11.1. The molecule has 1 nitrogen and oxygen atoms in total. The van der Waals surface area contributed by atoms with Crippen molar-refractivity contribution in [1.29, 1.82) is 0 Å². The van der Waals surface area contributed by atoms with Crippen molar-refractivity contribution >= 4 is 52.6 Å². The van der Waals surface area contributed by atoms with Crippen molar-refractivity contribution in [3.8, 4) is 0 Å². The first kappa shape index (κ1) is 10.1. The van der Waals surface area contributed by atoms with Crippen molar-refractivity contribution in [2.45, 2.75) is 6.55 Å². The summed E-state index contributed by atoms with van der Waals surface area (Å²) in [7, 11) is 0.756. The molecular weight excluding hydrogens is 280 g/mol. The summed E-state index contributed by atoms with van der Waals surface area (Å²) in [6.07, 6.45) is 0. The van der Waals surface area contributed by atoms with Crippen LogP contribution in [-0.4, -0.2) is 9.52 Å². The minimum Gasteiger partial charge on any atom is -0.452 e. The summed E-state index contributed by atoms with van der Waals surface area (Å²) in [4.78, 5) is 0. The van der Waals surface area contributed by atoms with Gasteiger partial charge in [0, 0.05) is 10.8 Å². The summed E-state index contributed by atoms with van der Waals surface area (Å²) in [5.41, 5.74) is 1.98. The quantitative estimate of drug-likeness (QED) is 0.622. The summed E-state index contributed by atoms with van der Waals surface area (Å²) in [5, 5.41) is 3.69. The van der Waals surface area contributed by atoms with Crippen molar-refractivity contribution in [2.75, 3.05) is 0 Å². The topological polar surface area (TPSA) is 13.1 Å². The van der Waals surface area contributed by atoms with E-state index in [9.17, 15) is 0 Å². The van der Waals surface area contributed by atoms with E-state index in [0.717, 1.165) is 25.2 Å². The fraction of sp³-hybridized carbons (Fsp3) is 0.0769. The van der Waals surface area contributed by atoms with Crippen LogP contribution in [0.25, 0.3) is 21.9 Å². The van der Waals surface area contributed by atoms with Gasteiger partial charge in [-0.05, 0) is 28.1 Å². The molecule has 0 aliphatic carbocycles. The average Bonchev–Trinajstić information content (AvgIpc) is 2.69. The van der Waals surface area contributed by atoms with E-state index >= 15 is 0 Å². The van der Waals surface area contributed by atoms with Gasteiger partial charge in [0.2, 0.25) is 0 Å². The van der Waals surface area contributed by atoms with Crippen LogP contribution in [0.5, 0.6) is 0 Å². The van der Waals surface area contributed by atoms with Crippen LogP contribution in [0, 0.1) is 0 Å². The fourth-order valence-electron chi connectivity index (χ4n) is 1.98. The molecule has 0 spiro atoms. The van der Waals surface area contributed by atoms with Gasteiger partial charge in [-0.2, -0.15) is 0 Å². The number of halogens is 1. The lowest BCUT2D eigenvalue weighted by molar-refractivity contribution is 0.669. The number of fused-ring (bicyclic) bond motifs is 3. The standard InChI is InChI=1S/C13H9BrOSi/c1-16-11-7-3-5-9-8-4-2-6-10(14)12(8)15-13(9)11/h2-7H,1H3/q+1. The zero-order chi connectivity index (χ0) is 11.1. The second-order valence-corrected chi connectivity index (χ2v) is 5.54. The molecule has 1 aromatic heterocycles. The molecule has 0 saturated carbocycles. The van der Waals surface area contributed by atoms with Gasteiger partial charge in [0.1, 0.15) is 5.58 Å². The monoisotopic (exact) mass is 288 g/mol. The first-order chi connectivity index (χ1) is 7.81. The molecule has 0 amide bonds. The van der Waals surface area contributed by atoms with Gasteiger partial charge in [-0.15, -0.1) is 0 Å². The highest BCUT2D eigenvalue weighted by molar-refractivity contribution is 9.10. The molecule has 3 rings (SSSR count). The Labute approximate surface area is 104 Å². The number of rotatable bonds is 1. The lowest BCUT2D eigenvalue weighted by Gasteiger charge is -1.89. The molecule has 0 fully saturated rings. The second-order valence-electron chi connectivity index (χ2n) is 3.65. The Kier molecular flexibility index (Phi) is 2.37.